The minimum Gasteiger partial charge on any atom is -0.466 e. The SMILES string of the molecule is Cc1cc(CNC(=O)c2ccn(-c3ccccc3Cl)n2)c(C)o1. The number of furan rings is 1. The van der Waals surface area contributed by atoms with Gasteiger partial charge in [0.1, 0.15) is 11.5 Å². The summed E-state index contributed by atoms with van der Waals surface area (Å²) in [6.07, 6.45) is 1.71. The van der Waals surface area contributed by atoms with Crippen LogP contribution in [0, 0.1) is 13.8 Å². The summed E-state index contributed by atoms with van der Waals surface area (Å²) in [5.74, 6) is 1.40. The summed E-state index contributed by atoms with van der Waals surface area (Å²) in [4.78, 5) is 12.2. The molecule has 23 heavy (non-hydrogen) atoms. The van der Waals surface area contributed by atoms with Gasteiger partial charge in [0.05, 0.1) is 10.7 Å². The third-order valence-corrected chi connectivity index (χ3v) is 3.82. The second-order valence-corrected chi connectivity index (χ2v) is 5.63. The Kier molecular flexibility index (Phi) is 4.21. The Labute approximate surface area is 138 Å². The van der Waals surface area contributed by atoms with Crippen LogP contribution < -0.4 is 5.32 Å². The fourth-order valence-corrected chi connectivity index (χ4v) is 2.56. The van der Waals surface area contributed by atoms with Crippen LogP contribution in [0.5, 0.6) is 0 Å². The van der Waals surface area contributed by atoms with E-state index in [9.17, 15) is 4.79 Å². The minimum atomic E-state index is -0.242. The summed E-state index contributed by atoms with van der Waals surface area (Å²) in [5.41, 5.74) is 2.03. The molecule has 0 atom stereocenters. The molecule has 5 nitrogen and oxygen atoms in total. The molecule has 3 rings (SSSR count). The van der Waals surface area contributed by atoms with Crippen molar-refractivity contribution in [3.05, 3.63) is 70.4 Å². The van der Waals surface area contributed by atoms with E-state index >= 15 is 0 Å². The molecule has 0 spiro atoms. The van der Waals surface area contributed by atoms with Crippen LogP contribution >= 0.6 is 11.6 Å². The van der Waals surface area contributed by atoms with Gasteiger partial charge in [-0.2, -0.15) is 5.10 Å². The van der Waals surface area contributed by atoms with Gasteiger partial charge in [-0.1, -0.05) is 23.7 Å². The molecule has 0 bridgehead atoms. The van der Waals surface area contributed by atoms with Crippen LogP contribution in [0.25, 0.3) is 5.69 Å². The lowest BCUT2D eigenvalue weighted by Crippen LogP contribution is -2.23. The van der Waals surface area contributed by atoms with Crippen LogP contribution in [0.3, 0.4) is 0 Å². The number of hydrogen-bond acceptors (Lipinski definition) is 3. The van der Waals surface area contributed by atoms with E-state index in [0.717, 1.165) is 22.8 Å². The monoisotopic (exact) mass is 329 g/mol. The second kappa shape index (κ2) is 6.30. The third-order valence-electron chi connectivity index (χ3n) is 3.50. The number of halogens is 1. The average molecular weight is 330 g/mol. The van der Waals surface area contributed by atoms with E-state index in [2.05, 4.69) is 10.4 Å². The van der Waals surface area contributed by atoms with E-state index in [4.69, 9.17) is 16.0 Å². The number of amides is 1. The molecule has 1 aromatic carbocycles. The van der Waals surface area contributed by atoms with Gasteiger partial charge >= 0.3 is 0 Å². The highest BCUT2D eigenvalue weighted by Gasteiger charge is 2.12. The van der Waals surface area contributed by atoms with Crippen LogP contribution in [0.4, 0.5) is 0 Å². The number of para-hydroxylation sites is 1. The topological polar surface area (TPSA) is 60.1 Å². The van der Waals surface area contributed by atoms with Crippen molar-refractivity contribution in [2.24, 2.45) is 0 Å². The zero-order chi connectivity index (χ0) is 16.4. The largest absolute Gasteiger partial charge is 0.466 e. The lowest BCUT2D eigenvalue weighted by molar-refractivity contribution is 0.0945. The molecule has 0 saturated heterocycles. The van der Waals surface area contributed by atoms with Gasteiger partial charge in [-0.3, -0.25) is 4.79 Å². The summed E-state index contributed by atoms with van der Waals surface area (Å²) in [6.45, 7) is 4.16. The molecule has 0 saturated carbocycles. The fraction of sp³-hybridized carbons (Fsp3) is 0.176. The Hall–Kier alpha value is -2.53. The number of aryl methyl sites for hydroxylation is 2. The first-order chi connectivity index (χ1) is 11.0. The molecule has 0 aliphatic rings. The molecule has 1 amide bonds. The Morgan fingerprint density at radius 3 is 2.78 bits per heavy atom. The van der Waals surface area contributed by atoms with E-state index in [1.54, 1.807) is 23.0 Å². The second-order valence-electron chi connectivity index (χ2n) is 5.22. The average Bonchev–Trinajstić information content (AvgIpc) is 3.12. The first-order valence-electron chi connectivity index (χ1n) is 7.19. The molecule has 6 heteroatoms. The van der Waals surface area contributed by atoms with E-state index in [1.807, 2.05) is 38.1 Å². The van der Waals surface area contributed by atoms with Crippen molar-refractivity contribution in [1.82, 2.24) is 15.1 Å². The number of nitrogens with one attached hydrogen (secondary N) is 1. The van der Waals surface area contributed by atoms with Gasteiger partial charge in [0.15, 0.2) is 5.69 Å². The normalized spacial score (nSPS) is 10.7. The number of benzene rings is 1. The Bertz CT molecular complexity index is 851. The van der Waals surface area contributed by atoms with Gasteiger partial charge in [0.25, 0.3) is 5.91 Å². The molecule has 2 heterocycles. The van der Waals surface area contributed by atoms with Crippen molar-refractivity contribution in [2.75, 3.05) is 0 Å². The lowest BCUT2D eigenvalue weighted by Gasteiger charge is -2.04. The zero-order valence-corrected chi connectivity index (χ0v) is 13.6. The van der Waals surface area contributed by atoms with Crippen molar-refractivity contribution in [3.63, 3.8) is 0 Å². The summed E-state index contributed by atoms with van der Waals surface area (Å²) >= 11 is 6.14. The first kappa shape index (κ1) is 15.4. The van der Waals surface area contributed by atoms with Crippen LogP contribution in [0.1, 0.15) is 27.6 Å². The highest BCUT2D eigenvalue weighted by Crippen LogP contribution is 2.19. The maximum Gasteiger partial charge on any atom is 0.272 e. The van der Waals surface area contributed by atoms with Gasteiger partial charge in [-0.25, -0.2) is 4.68 Å². The standard InChI is InChI=1S/C17H16ClN3O2/c1-11-9-13(12(2)23-11)10-19-17(22)15-7-8-21(20-15)16-6-4-3-5-14(16)18/h3-9H,10H2,1-2H3,(H,19,22). The maximum atomic E-state index is 12.2. The van der Waals surface area contributed by atoms with Gasteiger partial charge < -0.3 is 9.73 Å². The molecule has 0 aliphatic carbocycles. The van der Waals surface area contributed by atoms with Gasteiger partial charge in [0.2, 0.25) is 0 Å². The highest BCUT2D eigenvalue weighted by molar-refractivity contribution is 6.32. The quantitative estimate of drug-likeness (QED) is 0.794. The third kappa shape index (κ3) is 3.29. The van der Waals surface area contributed by atoms with Crippen LogP contribution in [-0.2, 0) is 6.54 Å². The van der Waals surface area contributed by atoms with Gasteiger partial charge in [-0.15, -0.1) is 0 Å². The predicted molar refractivity (Wildman–Crippen MR) is 87.9 cm³/mol. The Morgan fingerprint density at radius 2 is 2.09 bits per heavy atom. The van der Waals surface area contributed by atoms with Crippen LogP contribution in [-0.4, -0.2) is 15.7 Å². The number of carbonyl (C=O) groups is 1. The van der Waals surface area contributed by atoms with E-state index < -0.39 is 0 Å². The molecular weight excluding hydrogens is 314 g/mol. The van der Waals surface area contributed by atoms with Crippen molar-refractivity contribution in [1.29, 1.82) is 0 Å². The minimum absolute atomic E-state index is 0.242. The summed E-state index contributed by atoms with van der Waals surface area (Å²) in [7, 11) is 0. The number of hydrogen-bond donors (Lipinski definition) is 1. The van der Waals surface area contributed by atoms with Crippen LogP contribution in [0.2, 0.25) is 5.02 Å². The molecule has 0 fully saturated rings. The van der Waals surface area contributed by atoms with E-state index in [1.165, 1.54) is 0 Å². The predicted octanol–water partition coefficient (Wildman–Crippen LogP) is 3.67. The smallest absolute Gasteiger partial charge is 0.272 e. The summed E-state index contributed by atoms with van der Waals surface area (Å²) in [6, 6.07) is 10.9. The molecule has 118 valence electrons. The summed E-state index contributed by atoms with van der Waals surface area (Å²) in [5, 5.41) is 7.69. The highest BCUT2D eigenvalue weighted by atomic mass is 35.5. The molecule has 0 radical (unpaired) electrons. The maximum absolute atomic E-state index is 12.2. The first-order valence-corrected chi connectivity index (χ1v) is 7.57. The van der Waals surface area contributed by atoms with E-state index in [0.29, 0.717) is 17.3 Å². The van der Waals surface area contributed by atoms with Gasteiger partial charge in [0, 0.05) is 18.3 Å². The van der Waals surface area contributed by atoms with Crippen molar-refractivity contribution >= 4 is 17.5 Å². The molecule has 3 aromatic rings. The number of rotatable bonds is 4. The summed E-state index contributed by atoms with van der Waals surface area (Å²) < 4.78 is 7.03. The number of carbonyl (C=O) groups excluding carboxylic acids is 1. The molecule has 0 aliphatic heterocycles. The number of nitrogens with zero attached hydrogens (tertiary/aromatic N) is 2. The Balaban J connectivity index is 1.72. The van der Waals surface area contributed by atoms with Crippen molar-refractivity contribution in [2.45, 2.75) is 20.4 Å². The molecule has 2 aromatic heterocycles. The van der Waals surface area contributed by atoms with Crippen molar-refractivity contribution in [3.8, 4) is 5.69 Å². The van der Waals surface area contributed by atoms with Gasteiger partial charge in [-0.05, 0) is 38.1 Å². The van der Waals surface area contributed by atoms with Crippen LogP contribution in [0.15, 0.2) is 47.0 Å². The Morgan fingerprint density at radius 1 is 1.30 bits per heavy atom. The van der Waals surface area contributed by atoms with Crippen molar-refractivity contribution < 1.29 is 9.21 Å². The lowest BCUT2D eigenvalue weighted by atomic mass is 10.2. The molecule has 1 N–H and O–H groups in total. The zero-order valence-electron chi connectivity index (χ0n) is 12.8. The molecule has 0 unspecified atom stereocenters. The van der Waals surface area contributed by atoms with E-state index in [-0.39, 0.29) is 5.91 Å². The molecular formula is C17H16ClN3O2. The fourth-order valence-electron chi connectivity index (χ4n) is 2.34. The number of aromatic nitrogens is 2.